The molecule has 1 aromatic carbocycles. The summed E-state index contributed by atoms with van der Waals surface area (Å²) in [6.45, 7) is 0. The number of esters is 1. The third-order valence-corrected chi connectivity index (χ3v) is 2.31. The number of nitrogens with one attached hydrogen (secondary N) is 1. The average Bonchev–Trinajstić information content (AvgIpc) is 2.37. The molecule has 0 radical (unpaired) electrons. The maximum Gasteiger partial charge on any atom is 0.362 e. The van der Waals surface area contributed by atoms with Gasteiger partial charge in [0.25, 0.3) is 0 Å². The molecule has 18 heavy (non-hydrogen) atoms. The summed E-state index contributed by atoms with van der Waals surface area (Å²) >= 11 is 0. The van der Waals surface area contributed by atoms with Gasteiger partial charge in [-0.25, -0.2) is 9.18 Å². The quantitative estimate of drug-likeness (QED) is 0.814. The Kier molecular flexibility index (Phi) is 3.18. The first-order chi connectivity index (χ1) is 8.61. The highest BCUT2D eigenvalue weighted by Crippen LogP contribution is 2.15. The van der Waals surface area contributed by atoms with Crippen molar-refractivity contribution in [3.63, 3.8) is 0 Å². The molecule has 0 saturated heterocycles. The summed E-state index contributed by atoms with van der Waals surface area (Å²) < 4.78 is 17.4. The van der Waals surface area contributed by atoms with Crippen molar-refractivity contribution in [2.45, 2.75) is 0 Å². The molecule has 0 bridgehead atoms. The van der Waals surface area contributed by atoms with E-state index in [1.54, 1.807) is 6.07 Å². The number of hydrogen-bond acceptors (Lipinski definition) is 4. The second-order valence-corrected chi connectivity index (χ2v) is 3.50. The predicted octanol–water partition coefficient (Wildman–Crippen LogP) is 1.36. The van der Waals surface area contributed by atoms with Crippen LogP contribution in [0, 0.1) is 5.82 Å². The van der Waals surface area contributed by atoms with Crippen molar-refractivity contribution in [1.82, 2.24) is 10.2 Å². The van der Waals surface area contributed by atoms with Crippen LogP contribution in [-0.4, -0.2) is 23.3 Å². The van der Waals surface area contributed by atoms with Crippen LogP contribution >= 0.6 is 0 Å². The number of halogens is 1. The minimum atomic E-state index is -0.818. The van der Waals surface area contributed by atoms with Gasteiger partial charge in [0.2, 0.25) is 11.1 Å². The van der Waals surface area contributed by atoms with Gasteiger partial charge < -0.3 is 4.74 Å². The molecule has 0 aliphatic heterocycles. The first-order valence-corrected chi connectivity index (χ1v) is 5.06. The van der Waals surface area contributed by atoms with E-state index in [0.717, 1.165) is 7.11 Å². The van der Waals surface area contributed by atoms with E-state index in [1.165, 1.54) is 24.3 Å². The van der Waals surface area contributed by atoms with E-state index in [2.05, 4.69) is 14.9 Å². The van der Waals surface area contributed by atoms with Crippen molar-refractivity contribution in [2.75, 3.05) is 7.11 Å². The Labute approximate surface area is 101 Å². The van der Waals surface area contributed by atoms with Crippen molar-refractivity contribution in [3.05, 3.63) is 52.1 Å². The second kappa shape index (κ2) is 4.79. The molecule has 0 atom stereocenters. The van der Waals surface area contributed by atoms with Crippen LogP contribution in [0.15, 0.2) is 35.1 Å². The largest absolute Gasteiger partial charge is 0.464 e. The fourth-order valence-corrected chi connectivity index (χ4v) is 1.45. The molecule has 6 heteroatoms. The van der Waals surface area contributed by atoms with Crippen LogP contribution in [0.5, 0.6) is 0 Å². The molecule has 1 N–H and O–H groups in total. The summed E-state index contributed by atoms with van der Waals surface area (Å²) in [7, 11) is 1.16. The van der Waals surface area contributed by atoms with Crippen LogP contribution in [0.3, 0.4) is 0 Å². The number of hydrogen-bond donors (Lipinski definition) is 1. The Morgan fingerprint density at radius 3 is 2.78 bits per heavy atom. The molecule has 1 aromatic heterocycles. The van der Waals surface area contributed by atoms with Gasteiger partial charge in [-0.15, -0.1) is 0 Å². The molecule has 0 amide bonds. The Bertz CT molecular complexity index is 652. The number of methoxy groups -OCH3 is 1. The minimum Gasteiger partial charge on any atom is -0.464 e. The second-order valence-electron chi connectivity index (χ2n) is 3.50. The topological polar surface area (TPSA) is 72.0 Å². The van der Waals surface area contributed by atoms with E-state index in [9.17, 15) is 14.0 Å². The Balaban J connectivity index is 2.47. The number of ether oxygens (including phenoxy) is 1. The zero-order chi connectivity index (χ0) is 13.1. The van der Waals surface area contributed by atoms with Crippen molar-refractivity contribution < 1.29 is 13.9 Å². The molecular weight excluding hydrogens is 239 g/mol. The lowest BCUT2D eigenvalue weighted by molar-refractivity contribution is 0.0591. The standard InChI is InChI=1S/C12H9FN2O3/c1-18-12(17)11-10(16)6-9(14-15-11)7-3-2-4-8(13)5-7/h2-6H,1H3,(H,14,16). The van der Waals surface area contributed by atoms with Gasteiger partial charge in [-0.05, 0) is 12.1 Å². The maximum absolute atomic E-state index is 13.0. The van der Waals surface area contributed by atoms with Crippen molar-refractivity contribution in [2.24, 2.45) is 0 Å². The number of rotatable bonds is 2. The summed E-state index contributed by atoms with van der Waals surface area (Å²) in [6.07, 6.45) is 0. The van der Waals surface area contributed by atoms with Crippen LogP contribution in [0.1, 0.15) is 10.5 Å². The third kappa shape index (κ3) is 2.27. The Morgan fingerprint density at radius 2 is 2.17 bits per heavy atom. The average molecular weight is 248 g/mol. The summed E-state index contributed by atoms with van der Waals surface area (Å²) in [5, 5.41) is 6.14. The van der Waals surface area contributed by atoms with E-state index in [-0.39, 0.29) is 5.69 Å². The fourth-order valence-electron chi connectivity index (χ4n) is 1.45. The predicted molar refractivity (Wildman–Crippen MR) is 61.6 cm³/mol. The van der Waals surface area contributed by atoms with E-state index >= 15 is 0 Å². The van der Waals surface area contributed by atoms with Gasteiger partial charge in [-0.1, -0.05) is 12.1 Å². The molecule has 1 heterocycles. The van der Waals surface area contributed by atoms with Gasteiger partial charge in [0, 0.05) is 11.6 Å². The summed E-state index contributed by atoms with van der Waals surface area (Å²) in [6, 6.07) is 6.85. The molecule has 2 rings (SSSR count). The highest BCUT2D eigenvalue weighted by Gasteiger charge is 2.13. The molecule has 0 unspecified atom stereocenters. The number of aromatic amines is 1. The smallest absolute Gasteiger partial charge is 0.362 e. The number of carbonyl (C=O) groups is 1. The summed E-state index contributed by atoms with van der Waals surface area (Å²) in [4.78, 5) is 22.8. The van der Waals surface area contributed by atoms with Crippen molar-refractivity contribution >= 4 is 5.97 Å². The first-order valence-electron chi connectivity index (χ1n) is 5.06. The van der Waals surface area contributed by atoms with Gasteiger partial charge in [0.1, 0.15) is 5.82 Å². The number of carbonyl (C=O) groups excluding carboxylic acids is 1. The fraction of sp³-hybridized carbons (Fsp3) is 0.0833. The van der Waals surface area contributed by atoms with Crippen molar-refractivity contribution in [3.8, 4) is 11.3 Å². The minimum absolute atomic E-state index is 0.326. The highest BCUT2D eigenvalue weighted by molar-refractivity contribution is 5.87. The molecular formula is C12H9FN2O3. The lowest BCUT2D eigenvalue weighted by atomic mass is 10.1. The Morgan fingerprint density at radius 1 is 1.39 bits per heavy atom. The number of aromatic nitrogens is 2. The van der Waals surface area contributed by atoms with E-state index < -0.39 is 17.2 Å². The number of H-pyrrole nitrogens is 1. The van der Waals surface area contributed by atoms with Crippen LogP contribution in [-0.2, 0) is 4.74 Å². The number of nitrogens with zero attached hydrogens (tertiary/aromatic N) is 1. The monoisotopic (exact) mass is 248 g/mol. The van der Waals surface area contributed by atoms with Crippen LogP contribution in [0.25, 0.3) is 11.3 Å². The van der Waals surface area contributed by atoms with Crippen LogP contribution < -0.4 is 5.43 Å². The zero-order valence-corrected chi connectivity index (χ0v) is 9.44. The van der Waals surface area contributed by atoms with Gasteiger partial charge in [-0.2, -0.15) is 5.10 Å². The first kappa shape index (κ1) is 12.0. The number of benzene rings is 1. The Hall–Kier alpha value is -2.50. The van der Waals surface area contributed by atoms with Gasteiger partial charge in [-0.3, -0.25) is 9.89 Å². The van der Waals surface area contributed by atoms with E-state index in [0.29, 0.717) is 11.3 Å². The normalized spacial score (nSPS) is 10.1. The molecule has 0 fully saturated rings. The molecule has 5 nitrogen and oxygen atoms in total. The molecule has 92 valence electrons. The molecule has 0 saturated carbocycles. The van der Waals surface area contributed by atoms with Crippen molar-refractivity contribution in [1.29, 1.82) is 0 Å². The lowest BCUT2D eigenvalue weighted by Crippen LogP contribution is -2.19. The molecule has 0 aliphatic rings. The summed E-state index contributed by atoms with van der Waals surface area (Å²) in [5.41, 5.74) is -0.124. The SMILES string of the molecule is COC(=O)c1n[nH]c(-c2cccc(F)c2)cc1=O. The van der Waals surface area contributed by atoms with E-state index in [1.807, 2.05) is 0 Å². The highest BCUT2D eigenvalue weighted by atomic mass is 19.1. The zero-order valence-electron chi connectivity index (χ0n) is 9.44. The third-order valence-electron chi connectivity index (χ3n) is 2.31. The summed E-state index contributed by atoms with van der Waals surface area (Å²) in [5.74, 6) is -1.24. The maximum atomic E-state index is 13.0. The molecule has 0 aliphatic carbocycles. The van der Waals surface area contributed by atoms with Crippen LogP contribution in [0.4, 0.5) is 4.39 Å². The van der Waals surface area contributed by atoms with Gasteiger partial charge in [0.15, 0.2) is 0 Å². The molecule has 2 aromatic rings. The van der Waals surface area contributed by atoms with Crippen LogP contribution in [0.2, 0.25) is 0 Å². The van der Waals surface area contributed by atoms with E-state index in [4.69, 9.17) is 0 Å². The lowest BCUT2D eigenvalue weighted by Gasteiger charge is -2.02. The molecule has 0 spiro atoms. The van der Waals surface area contributed by atoms with Gasteiger partial charge >= 0.3 is 5.97 Å². The van der Waals surface area contributed by atoms with Gasteiger partial charge in [0.05, 0.1) is 12.8 Å².